The van der Waals surface area contributed by atoms with Crippen molar-refractivity contribution >= 4 is 21.7 Å². The van der Waals surface area contributed by atoms with Crippen molar-refractivity contribution in [3.8, 4) is 0 Å². The van der Waals surface area contributed by atoms with Crippen LogP contribution in [0.2, 0.25) is 0 Å². The number of sulfonamides is 1. The molecule has 0 radical (unpaired) electrons. The molecule has 1 aliphatic rings. The van der Waals surface area contributed by atoms with Crippen LogP contribution in [0.15, 0.2) is 18.3 Å². The second kappa shape index (κ2) is 5.88. The van der Waals surface area contributed by atoms with Crippen molar-refractivity contribution in [2.45, 2.75) is 19.8 Å². The molecule has 2 rings (SSSR count). The van der Waals surface area contributed by atoms with E-state index in [2.05, 4.69) is 10.3 Å². The summed E-state index contributed by atoms with van der Waals surface area (Å²) < 4.78 is 24.4. The van der Waals surface area contributed by atoms with Crippen molar-refractivity contribution in [3.05, 3.63) is 23.9 Å². The Balaban J connectivity index is 2.00. The molecule has 110 valence electrons. The SMILES string of the molecule is Cc1ccc(NC(=O)C2CCCN(S(C)(=O)=O)C2)nc1. The lowest BCUT2D eigenvalue weighted by atomic mass is 9.99. The average Bonchev–Trinajstić information content (AvgIpc) is 2.40. The van der Waals surface area contributed by atoms with Gasteiger partial charge in [0.25, 0.3) is 0 Å². The zero-order valence-corrected chi connectivity index (χ0v) is 12.5. The van der Waals surface area contributed by atoms with Crippen LogP contribution in [0.4, 0.5) is 5.82 Å². The monoisotopic (exact) mass is 297 g/mol. The zero-order valence-electron chi connectivity index (χ0n) is 11.7. The Bertz CT molecular complexity index is 583. The second-order valence-corrected chi connectivity index (χ2v) is 7.15. The number of hydrogen-bond donors (Lipinski definition) is 1. The van der Waals surface area contributed by atoms with E-state index in [-0.39, 0.29) is 18.4 Å². The Hall–Kier alpha value is -1.47. The van der Waals surface area contributed by atoms with E-state index in [0.717, 1.165) is 5.56 Å². The maximum Gasteiger partial charge on any atom is 0.229 e. The first-order valence-electron chi connectivity index (χ1n) is 6.55. The van der Waals surface area contributed by atoms with Crippen molar-refractivity contribution in [3.63, 3.8) is 0 Å². The summed E-state index contributed by atoms with van der Waals surface area (Å²) in [5.74, 6) is 0.00774. The van der Waals surface area contributed by atoms with Crippen molar-refractivity contribution in [2.75, 3.05) is 24.7 Å². The molecule has 1 fully saturated rings. The van der Waals surface area contributed by atoms with E-state index in [1.54, 1.807) is 12.3 Å². The molecule has 1 unspecified atom stereocenters. The summed E-state index contributed by atoms with van der Waals surface area (Å²) in [4.78, 5) is 16.3. The van der Waals surface area contributed by atoms with Gasteiger partial charge in [-0.15, -0.1) is 0 Å². The van der Waals surface area contributed by atoms with Gasteiger partial charge in [-0.1, -0.05) is 6.07 Å². The molecule has 0 aliphatic carbocycles. The molecule has 0 bridgehead atoms. The van der Waals surface area contributed by atoms with Crippen LogP contribution in [0.25, 0.3) is 0 Å². The minimum atomic E-state index is -3.23. The molecule has 7 heteroatoms. The van der Waals surface area contributed by atoms with Crippen molar-refractivity contribution in [2.24, 2.45) is 5.92 Å². The number of carbonyl (C=O) groups excluding carboxylic acids is 1. The molecule has 1 aromatic heterocycles. The number of carbonyl (C=O) groups is 1. The first-order valence-corrected chi connectivity index (χ1v) is 8.40. The smallest absolute Gasteiger partial charge is 0.229 e. The van der Waals surface area contributed by atoms with Crippen molar-refractivity contribution in [1.82, 2.24) is 9.29 Å². The van der Waals surface area contributed by atoms with Gasteiger partial charge in [0.15, 0.2) is 0 Å². The van der Waals surface area contributed by atoms with Crippen LogP contribution in [0, 0.1) is 12.8 Å². The molecular weight excluding hydrogens is 278 g/mol. The molecular formula is C13H19N3O3S. The topological polar surface area (TPSA) is 79.4 Å². The van der Waals surface area contributed by atoms with Gasteiger partial charge in [0.2, 0.25) is 15.9 Å². The van der Waals surface area contributed by atoms with Gasteiger partial charge in [0.05, 0.1) is 12.2 Å². The van der Waals surface area contributed by atoms with Crippen molar-refractivity contribution < 1.29 is 13.2 Å². The van der Waals surface area contributed by atoms with Gasteiger partial charge in [-0.05, 0) is 31.4 Å². The third-order valence-electron chi connectivity index (χ3n) is 3.39. The number of nitrogens with one attached hydrogen (secondary N) is 1. The molecule has 2 heterocycles. The number of rotatable bonds is 3. The third-order valence-corrected chi connectivity index (χ3v) is 4.66. The fourth-order valence-electron chi connectivity index (χ4n) is 2.23. The first-order chi connectivity index (χ1) is 9.36. The average molecular weight is 297 g/mol. The number of nitrogens with zero attached hydrogens (tertiary/aromatic N) is 2. The van der Waals surface area contributed by atoms with Crippen LogP contribution in [0.5, 0.6) is 0 Å². The van der Waals surface area contributed by atoms with Crippen LogP contribution in [-0.4, -0.2) is 43.0 Å². The summed E-state index contributed by atoms with van der Waals surface area (Å²) in [6, 6.07) is 3.61. The number of pyridine rings is 1. The number of aryl methyl sites for hydroxylation is 1. The summed E-state index contributed by atoms with van der Waals surface area (Å²) in [5, 5.41) is 2.74. The van der Waals surface area contributed by atoms with Gasteiger partial charge in [-0.2, -0.15) is 0 Å². The molecule has 1 saturated heterocycles. The van der Waals surface area contributed by atoms with Crippen LogP contribution in [0.1, 0.15) is 18.4 Å². The highest BCUT2D eigenvalue weighted by molar-refractivity contribution is 7.88. The molecule has 1 atom stereocenters. The summed E-state index contributed by atoms with van der Waals surface area (Å²) in [6.07, 6.45) is 4.25. The Labute approximate surface area is 119 Å². The lowest BCUT2D eigenvalue weighted by molar-refractivity contribution is -0.120. The summed E-state index contributed by atoms with van der Waals surface area (Å²) in [7, 11) is -3.23. The second-order valence-electron chi connectivity index (χ2n) is 5.17. The molecule has 1 amide bonds. The minimum absolute atomic E-state index is 0.172. The van der Waals surface area contributed by atoms with E-state index in [9.17, 15) is 13.2 Å². The zero-order chi connectivity index (χ0) is 14.8. The number of hydrogen-bond acceptors (Lipinski definition) is 4. The van der Waals surface area contributed by atoms with Gasteiger partial charge >= 0.3 is 0 Å². The molecule has 0 spiro atoms. The first kappa shape index (κ1) is 14.9. The highest BCUT2D eigenvalue weighted by atomic mass is 32.2. The summed E-state index contributed by atoms with van der Waals surface area (Å²) in [6.45, 7) is 2.66. The van der Waals surface area contributed by atoms with E-state index in [4.69, 9.17) is 0 Å². The van der Waals surface area contributed by atoms with Crippen LogP contribution in [0.3, 0.4) is 0 Å². The molecule has 1 N–H and O–H groups in total. The fraction of sp³-hybridized carbons (Fsp3) is 0.538. The molecule has 0 aromatic carbocycles. The Kier molecular flexibility index (Phi) is 4.39. The maximum atomic E-state index is 12.2. The van der Waals surface area contributed by atoms with Gasteiger partial charge < -0.3 is 5.32 Å². The molecule has 20 heavy (non-hydrogen) atoms. The number of piperidine rings is 1. The Morgan fingerprint density at radius 1 is 1.45 bits per heavy atom. The molecule has 6 nitrogen and oxygen atoms in total. The lowest BCUT2D eigenvalue weighted by Gasteiger charge is -2.29. The predicted octanol–water partition coefficient (Wildman–Crippen LogP) is 1.00. The fourth-order valence-corrected chi connectivity index (χ4v) is 3.14. The number of amides is 1. The summed E-state index contributed by atoms with van der Waals surface area (Å²) in [5.41, 5.74) is 1.02. The molecule has 1 aliphatic heterocycles. The predicted molar refractivity (Wildman–Crippen MR) is 76.7 cm³/mol. The van der Waals surface area contributed by atoms with Crippen LogP contribution >= 0.6 is 0 Å². The lowest BCUT2D eigenvalue weighted by Crippen LogP contribution is -2.43. The Morgan fingerprint density at radius 2 is 2.20 bits per heavy atom. The van der Waals surface area contributed by atoms with E-state index in [0.29, 0.717) is 25.2 Å². The van der Waals surface area contributed by atoms with E-state index < -0.39 is 10.0 Å². The third kappa shape index (κ3) is 3.77. The van der Waals surface area contributed by atoms with Crippen molar-refractivity contribution in [1.29, 1.82) is 0 Å². The maximum absolute atomic E-state index is 12.2. The number of anilines is 1. The van der Waals surface area contributed by atoms with E-state index in [1.807, 2.05) is 13.0 Å². The normalized spacial score (nSPS) is 20.6. The van der Waals surface area contributed by atoms with Gasteiger partial charge in [0.1, 0.15) is 5.82 Å². The quantitative estimate of drug-likeness (QED) is 0.902. The highest BCUT2D eigenvalue weighted by Crippen LogP contribution is 2.20. The van der Waals surface area contributed by atoms with Crippen LogP contribution in [-0.2, 0) is 14.8 Å². The van der Waals surface area contributed by atoms with Gasteiger partial charge in [-0.3, -0.25) is 4.79 Å². The standard InChI is InChI=1S/C13H19N3O3S/c1-10-5-6-12(14-8-10)15-13(17)11-4-3-7-16(9-11)20(2,18)19/h5-6,8,11H,3-4,7,9H2,1-2H3,(H,14,15,17). The van der Waals surface area contributed by atoms with Gasteiger partial charge in [-0.25, -0.2) is 17.7 Å². The van der Waals surface area contributed by atoms with E-state index in [1.165, 1.54) is 10.6 Å². The minimum Gasteiger partial charge on any atom is -0.310 e. The number of aromatic nitrogens is 1. The van der Waals surface area contributed by atoms with E-state index >= 15 is 0 Å². The van der Waals surface area contributed by atoms with Crippen LogP contribution < -0.4 is 5.32 Å². The molecule has 0 saturated carbocycles. The van der Waals surface area contributed by atoms with Gasteiger partial charge in [0, 0.05) is 19.3 Å². The highest BCUT2D eigenvalue weighted by Gasteiger charge is 2.30. The molecule has 1 aromatic rings. The largest absolute Gasteiger partial charge is 0.310 e. The summed E-state index contributed by atoms with van der Waals surface area (Å²) >= 11 is 0. The Morgan fingerprint density at radius 3 is 2.80 bits per heavy atom.